The molecule has 5 rings (SSSR count). The summed E-state index contributed by atoms with van der Waals surface area (Å²) < 4.78 is 17.3. The molecule has 2 aliphatic heterocycles. The van der Waals surface area contributed by atoms with Gasteiger partial charge in [0.25, 0.3) is 0 Å². The predicted octanol–water partition coefficient (Wildman–Crippen LogP) is 5.38. The molecule has 2 aromatic rings. The van der Waals surface area contributed by atoms with Crippen LogP contribution in [0.1, 0.15) is 89.1 Å². The first-order chi connectivity index (χ1) is 21.6. The van der Waals surface area contributed by atoms with Crippen LogP contribution < -0.4 is 10.1 Å². The lowest BCUT2D eigenvalue weighted by Gasteiger charge is -2.38. The number of carbonyl (C=O) groups is 4. The maximum Gasteiger partial charge on any atom is 0.411 e. The Kier molecular flexibility index (Phi) is 9.24. The van der Waals surface area contributed by atoms with Crippen molar-refractivity contribution in [3.05, 3.63) is 64.7 Å². The number of carbonyl (C=O) groups excluding carboxylic acids is 3. The molecule has 46 heavy (non-hydrogen) atoms. The highest BCUT2D eigenvalue weighted by Gasteiger charge is 2.43. The average Bonchev–Trinajstić information content (AvgIpc) is 3.39. The van der Waals surface area contributed by atoms with E-state index < -0.39 is 47.5 Å². The third-order valence-corrected chi connectivity index (χ3v) is 8.40. The van der Waals surface area contributed by atoms with Crippen molar-refractivity contribution in [2.75, 3.05) is 6.54 Å². The molecule has 11 heteroatoms. The number of nitrogens with one attached hydrogen (secondary N) is 1. The molecule has 3 aliphatic rings. The molecule has 2 heterocycles. The SMILES string of the molecule is CC(C)(C)OC(=O)N1C[C@@H](Oc2ccc3c(c2)CN(C(=O)OC(C)(C)C)C(C(=O)NC2CCCc4ccccc42)C3)CC1C(=O)O. The standard InChI is InChI=1S/C35H45N3O8/c1-34(2,3)45-32(42)37-19-23-16-24(44-25-18-29(31(40)41)38(20-25)33(43)46-35(4,5)6)15-14-22(23)17-28(37)30(39)36-27-13-9-11-21-10-7-8-12-26(21)27/h7-8,10,12,14-16,25,27-29H,9,11,13,17-20H2,1-6H3,(H,36,39)(H,40,41)/t25-,27?,28?,29?/m0/s1. The Labute approximate surface area is 270 Å². The molecular weight excluding hydrogens is 590 g/mol. The number of aryl methyl sites for hydroxylation is 1. The zero-order valence-corrected chi connectivity index (χ0v) is 27.5. The summed E-state index contributed by atoms with van der Waals surface area (Å²) in [5.41, 5.74) is 2.53. The van der Waals surface area contributed by atoms with Gasteiger partial charge in [0, 0.05) is 12.8 Å². The van der Waals surface area contributed by atoms with Gasteiger partial charge in [-0.1, -0.05) is 30.3 Å². The van der Waals surface area contributed by atoms with Crippen molar-refractivity contribution in [1.82, 2.24) is 15.1 Å². The molecule has 2 N–H and O–H groups in total. The van der Waals surface area contributed by atoms with E-state index in [1.807, 2.05) is 24.3 Å². The lowest BCUT2D eigenvalue weighted by atomic mass is 9.87. The Hall–Kier alpha value is -4.28. The number of nitrogens with zero attached hydrogens (tertiary/aromatic N) is 2. The van der Waals surface area contributed by atoms with Crippen LogP contribution in [0, 0.1) is 0 Å². The molecule has 0 spiro atoms. The van der Waals surface area contributed by atoms with Gasteiger partial charge < -0.3 is 24.6 Å². The van der Waals surface area contributed by atoms with E-state index in [9.17, 15) is 24.3 Å². The van der Waals surface area contributed by atoms with E-state index in [0.717, 1.165) is 36.0 Å². The van der Waals surface area contributed by atoms with Crippen molar-refractivity contribution in [3.8, 4) is 5.75 Å². The topological polar surface area (TPSA) is 135 Å². The molecule has 11 nitrogen and oxygen atoms in total. The Bertz CT molecular complexity index is 1490. The fourth-order valence-electron chi connectivity index (χ4n) is 6.38. The highest BCUT2D eigenvalue weighted by atomic mass is 16.6. The smallest absolute Gasteiger partial charge is 0.411 e. The van der Waals surface area contributed by atoms with E-state index >= 15 is 0 Å². The van der Waals surface area contributed by atoms with E-state index in [-0.39, 0.29) is 31.5 Å². The number of carboxylic acids is 1. The number of hydrogen-bond donors (Lipinski definition) is 2. The number of carboxylic acid groups (broad SMARTS) is 1. The highest BCUT2D eigenvalue weighted by molar-refractivity contribution is 5.87. The molecule has 4 atom stereocenters. The number of aliphatic carboxylic acids is 1. The number of likely N-dealkylation sites (tertiary alicyclic amines) is 1. The second-order valence-corrected chi connectivity index (χ2v) is 14.4. The van der Waals surface area contributed by atoms with Crippen LogP contribution in [0.15, 0.2) is 42.5 Å². The van der Waals surface area contributed by atoms with E-state index in [1.165, 1.54) is 15.4 Å². The zero-order valence-electron chi connectivity index (χ0n) is 27.5. The number of hydrogen-bond acceptors (Lipinski definition) is 7. The largest absolute Gasteiger partial charge is 0.488 e. The Morgan fingerprint density at radius 2 is 1.52 bits per heavy atom. The van der Waals surface area contributed by atoms with Crippen molar-refractivity contribution in [2.24, 2.45) is 0 Å². The van der Waals surface area contributed by atoms with E-state index in [1.54, 1.807) is 47.6 Å². The molecule has 1 fully saturated rings. The van der Waals surface area contributed by atoms with Crippen molar-refractivity contribution < 1.29 is 38.5 Å². The molecule has 3 unspecified atom stereocenters. The minimum Gasteiger partial charge on any atom is -0.488 e. The lowest BCUT2D eigenvalue weighted by molar-refractivity contribution is -0.142. The summed E-state index contributed by atoms with van der Waals surface area (Å²) in [4.78, 5) is 54.7. The second kappa shape index (κ2) is 12.8. The molecule has 0 aromatic heterocycles. The number of amides is 3. The summed E-state index contributed by atoms with van der Waals surface area (Å²) in [7, 11) is 0. The molecule has 248 valence electrons. The molecule has 0 saturated carbocycles. The number of rotatable bonds is 5. The number of ether oxygens (including phenoxy) is 3. The van der Waals surface area contributed by atoms with Crippen LogP contribution in [0.2, 0.25) is 0 Å². The normalized spacial score (nSPS) is 22.7. The summed E-state index contributed by atoms with van der Waals surface area (Å²) in [6, 6.07) is 11.6. The molecule has 2 aromatic carbocycles. The number of benzene rings is 2. The third-order valence-electron chi connectivity index (χ3n) is 8.40. The van der Waals surface area contributed by atoms with Gasteiger partial charge in [-0.15, -0.1) is 0 Å². The monoisotopic (exact) mass is 635 g/mol. The average molecular weight is 636 g/mol. The highest BCUT2D eigenvalue weighted by Crippen LogP contribution is 2.33. The maximum absolute atomic E-state index is 13.8. The van der Waals surface area contributed by atoms with Gasteiger partial charge in [0.2, 0.25) is 5.91 Å². The van der Waals surface area contributed by atoms with Gasteiger partial charge in [-0.25, -0.2) is 14.4 Å². The van der Waals surface area contributed by atoms with Crippen molar-refractivity contribution >= 4 is 24.1 Å². The summed E-state index contributed by atoms with van der Waals surface area (Å²) >= 11 is 0. The predicted molar refractivity (Wildman–Crippen MR) is 169 cm³/mol. The Morgan fingerprint density at radius 3 is 2.20 bits per heavy atom. The van der Waals surface area contributed by atoms with Crippen LogP contribution in [0.5, 0.6) is 5.75 Å². The van der Waals surface area contributed by atoms with Gasteiger partial charge in [0.15, 0.2) is 0 Å². The quantitative estimate of drug-likeness (QED) is 0.447. The van der Waals surface area contributed by atoms with Gasteiger partial charge in [-0.05, 0) is 95.2 Å². The first-order valence-electron chi connectivity index (χ1n) is 16.0. The summed E-state index contributed by atoms with van der Waals surface area (Å²) in [5, 5.41) is 13.0. The van der Waals surface area contributed by atoms with Gasteiger partial charge in [-0.2, -0.15) is 0 Å². The third kappa shape index (κ3) is 7.74. The van der Waals surface area contributed by atoms with Crippen LogP contribution in [0.4, 0.5) is 9.59 Å². The zero-order chi connectivity index (χ0) is 33.4. The van der Waals surface area contributed by atoms with Gasteiger partial charge in [-0.3, -0.25) is 14.6 Å². The van der Waals surface area contributed by atoms with Crippen molar-refractivity contribution in [3.63, 3.8) is 0 Å². The minimum absolute atomic E-state index is 0.0551. The molecule has 1 aliphatic carbocycles. The van der Waals surface area contributed by atoms with Crippen LogP contribution in [0.25, 0.3) is 0 Å². The molecular formula is C35H45N3O8. The molecule has 1 saturated heterocycles. The lowest BCUT2D eigenvalue weighted by Crippen LogP contribution is -2.54. The van der Waals surface area contributed by atoms with Gasteiger partial charge >= 0.3 is 18.2 Å². The van der Waals surface area contributed by atoms with Crippen LogP contribution >= 0.6 is 0 Å². The molecule has 0 radical (unpaired) electrons. The molecule has 3 amide bonds. The van der Waals surface area contributed by atoms with Gasteiger partial charge in [0.05, 0.1) is 19.1 Å². The van der Waals surface area contributed by atoms with Crippen LogP contribution in [-0.4, -0.2) is 74.9 Å². The van der Waals surface area contributed by atoms with Crippen LogP contribution in [-0.2, 0) is 38.4 Å². The fraction of sp³-hybridized carbons (Fsp3) is 0.543. The minimum atomic E-state index is -1.13. The van der Waals surface area contributed by atoms with Gasteiger partial charge in [0.1, 0.15) is 35.1 Å². The van der Waals surface area contributed by atoms with E-state index in [2.05, 4.69) is 17.4 Å². The Morgan fingerprint density at radius 1 is 0.848 bits per heavy atom. The fourth-order valence-corrected chi connectivity index (χ4v) is 6.38. The van der Waals surface area contributed by atoms with Crippen molar-refractivity contribution in [2.45, 2.75) is 116 Å². The van der Waals surface area contributed by atoms with Crippen molar-refractivity contribution in [1.29, 1.82) is 0 Å². The first kappa shape index (κ1) is 33.1. The summed E-state index contributed by atoms with van der Waals surface area (Å²) in [5.74, 6) is -0.882. The summed E-state index contributed by atoms with van der Waals surface area (Å²) in [6.45, 7) is 10.7. The maximum atomic E-state index is 13.8. The number of fused-ring (bicyclic) bond motifs is 2. The van der Waals surface area contributed by atoms with E-state index in [0.29, 0.717) is 12.2 Å². The molecule has 0 bridgehead atoms. The second-order valence-electron chi connectivity index (χ2n) is 14.4. The first-order valence-corrected chi connectivity index (χ1v) is 16.0. The van der Waals surface area contributed by atoms with Crippen LogP contribution in [0.3, 0.4) is 0 Å². The Balaban J connectivity index is 1.34. The summed E-state index contributed by atoms with van der Waals surface area (Å²) in [6.07, 6.45) is 1.31. The van der Waals surface area contributed by atoms with E-state index in [4.69, 9.17) is 14.2 Å².